The molecular formula is C11H21N3O2. The van der Waals surface area contributed by atoms with Gasteiger partial charge in [-0.25, -0.2) is 4.79 Å². The molecule has 0 spiro atoms. The van der Waals surface area contributed by atoms with Crippen molar-refractivity contribution in [1.82, 2.24) is 14.5 Å². The van der Waals surface area contributed by atoms with Gasteiger partial charge in [0.2, 0.25) is 0 Å². The fourth-order valence-corrected chi connectivity index (χ4v) is 1.67. The van der Waals surface area contributed by atoms with Gasteiger partial charge in [-0.3, -0.25) is 9.13 Å². The van der Waals surface area contributed by atoms with Crippen LogP contribution in [0.15, 0.2) is 17.2 Å². The predicted octanol–water partition coefficient (Wildman–Crippen LogP) is 0.294. The molecule has 0 saturated carbocycles. The number of rotatable bonds is 7. The molecule has 1 unspecified atom stereocenters. The van der Waals surface area contributed by atoms with Crippen LogP contribution in [0.1, 0.15) is 13.3 Å². The molecule has 1 rings (SSSR count). The number of imidazole rings is 1. The monoisotopic (exact) mass is 227 g/mol. The third kappa shape index (κ3) is 3.21. The van der Waals surface area contributed by atoms with E-state index in [0.717, 1.165) is 13.0 Å². The first-order chi connectivity index (χ1) is 7.72. The molecule has 5 heteroatoms. The fraction of sp³-hybridized carbons (Fsp3) is 0.727. The van der Waals surface area contributed by atoms with Crippen LogP contribution >= 0.6 is 0 Å². The zero-order valence-electron chi connectivity index (χ0n) is 10.3. The van der Waals surface area contributed by atoms with E-state index in [4.69, 9.17) is 4.74 Å². The quantitative estimate of drug-likeness (QED) is 0.728. The van der Waals surface area contributed by atoms with Gasteiger partial charge < -0.3 is 10.1 Å². The third-order valence-electron chi connectivity index (χ3n) is 2.58. The summed E-state index contributed by atoms with van der Waals surface area (Å²) >= 11 is 0. The lowest BCUT2D eigenvalue weighted by atomic mass is 10.3. The summed E-state index contributed by atoms with van der Waals surface area (Å²) in [5.41, 5.74) is 0.0539. The van der Waals surface area contributed by atoms with Gasteiger partial charge in [0.15, 0.2) is 0 Å². The van der Waals surface area contributed by atoms with Gasteiger partial charge in [0.25, 0.3) is 0 Å². The summed E-state index contributed by atoms with van der Waals surface area (Å²) in [5, 5.41) is 3.13. The van der Waals surface area contributed by atoms with E-state index >= 15 is 0 Å². The molecule has 92 valence electrons. The molecule has 1 atom stereocenters. The van der Waals surface area contributed by atoms with Crippen molar-refractivity contribution >= 4 is 0 Å². The first-order valence-corrected chi connectivity index (χ1v) is 5.64. The molecule has 0 aromatic carbocycles. The van der Waals surface area contributed by atoms with Gasteiger partial charge >= 0.3 is 5.69 Å². The first-order valence-electron chi connectivity index (χ1n) is 5.64. The van der Waals surface area contributed by atoms with Gasteiger partial charge in [0.05, 0.1) is 6.61 Å². The van der Waals surface area contributed by atoms with Crippen molar-refractivity contribution in [2.24, 2.45) is 0 Å². The summed E-state index contributed by atoms with van der Waals surface area (Å²) in [5.74, 6) is 0. The van der Waals surface area contributed by atoms with Gasteiger partial charge in [0.1, 0.15) is 0 Å². The fourth-order valence-electron chi connectivity index (χ4n) is 1.67. The highest BCUT2D eigenvalue weighted by atomic mass is 16.5. The summed E-state index contributed by atoms with van der Waals surface area (Å²) in [6, 6.07) is 0.167. The second kappa shape index (κ2) is 6.50. The molecular weight excluding hydrogens is 206 g/mol. The normalized spacial score (nSPS) is 12.9. The van der Waals surface area contributed by atoms with Crippen molar-refractivity contribution < 1.29 is 4.74 Å². The number of hydrogen-bond acceptors (Lipinski definition) is 3. The Balaban J connectivity index is 2.69. The third-order valence-corrected chi connectivity index (χ3v) is 2.58. The van der Waals surface area contributed by atoms with Gasteiger partial charge in [-0.15, -0.1) is 0 Å². The van der Waals surface area contributed by atoms with Crippen LogP contribution < -0.4 is 11.0 Å². The number of methoxy groups -OCH3 is 1. The number of likely N-dealkylation sites (N-methyl/N-ethyl adjacent to an activating group) is 1. The van der Waals surface area contributed by atoms with E-state index in [1.807, 2.05) is 19.4 Å². The Bertz CT molecular complexity index is 356. The number of aromatic nitrogens is 2. The largest absolute Gasteiger partial charge is 0.383 e. The van der Waals surface area contributed by atoms with Gasteiger partial charge in [-0.05, 0) is 13.5 Å². The molecule has 0 aliphatic heterocycles. The Hall–Kier alpha value is -1.07. The molecule has 1 heterocycles. The first kappa shape index (κ1) is 13.0. The van der Waals surface area contributed by atoms with Crippen LogP contribution in [-0.2, 0) is 17.8 Å². The topological polar surface area (TPSA) is 48.2 Å². The number of aryl methyl sites for hydroxylation is 1. The van der Waals surface area contributed by atoms with Gasteiger partial charge in [-0.1, -0.05) is 6.92 Å². The Morgan fingerprint density at radius 2 is 2.12 bits per heavy atom. The molecule has 1 aromatic heterocycles. The Morgan fingerprint density at radius 3 is 2.69 bits per heavy atom. The molecule has 0 aliphatic carbocycles. The summed E-state index contributed by atoms with van der Waals surface area (Å²) in [6.07, 6.45) is 4.64. The average molecular weight is 227 g/mol. The number of nitrogens with zero attached hydrogens (tertiary/aromatic N) is 2. The highest BCUT2D eigenvalue weighted by Gasteiger charge is 2.09. The summed E-state index contributed by atoms with van der Waals surface area (Å²) in [4.78, 5) is 11.9. The number of nitrogens with one attached hydrogen (secondary N) is 1. The van der Waals surface area contributed by atoms with Crippen LogP contribution in [0.2, 0.25) is 0 Å². The van der Waals surface area contributed by atoms with Crippen LogP contribution in [0.4, 0.5) is 0 Å². The maximum Gasteiger partial charge on any atom is 0.328 e. The van der Waals surface area contributed by atoms with Crippen molar-refractivity contribution in [2.75, 3.05) is 20.8 Å². The summed E-state index contributed by atoms with van der Waals surface area (Å²) in [6.45, 7) is 4.08. The lowest BCUT2D eigenvalue weighted by molar-refractivity contribution is 0.161. The van der Waals surface area contributed by atoms with E-state index in [2.05, 4.69) is 12.2 Å². The molecule has 0 fully saturated rings. The molecule has 1 N–H and O–H groups in total. The van der Waals surface area contributed by atoms with Crippen molar-refractivity contribution in [3.8, 4) is 0 Å². The Kier molecular flexibility index (Phi) is 5.28. The van der Waals surface area contributed by atoms with Crippen molar-refractivity contribution in [1.29, 1.82) is 0 Å². The standard InChI is InChI=1S/C11H21N3O2/c1-4-5-13-6-7-14(11(13)15)8-10(12-2)9-16-3/h6-7,10,12H,4-5,8-9H2,1-3H3. The van der Waals surface area contributed by atoms with Crippen LogP contribution in [0.5, 0.6) is 0 Å². The second-order valence-corrected chi connectivity index (χ2v) is 3.87. The highest BCUT2D eigenvalue weighted by Crippen LogP contribution is 1.93. The van der Waals surface area contributed by atoms with Crippen molar-refractivity contribution in [3.05, 3.63) is 22.9 Å². The highest BCUT2D eigenvalue weighted by molar-refractivity contribution is 4.83. The maximum absolute atomic E-state index is 11.9. The van der Waals surface area contributed by atoms with E-state index in [1.165, 1.54) is 0 Å². The minimum Gasteiger partial charge on any atom is -0.383 e. The lowest BCUT2D eigenvalue weighted by Crippen LogP contribution is -2.37. The van der Waals surface area contributed by atoms with Crippen LogP contribution in [0, 0.1) is 0 Å². The molecule has 0 saturated heterocycles. The maximum atomic E-state index is 11.9. The smallest absolute Gasteiger partial charge is 0.328 e. The van der Waals surface area contributed by atoms with Crippen LogP contribution in [0.3, 0.4) is 0 Å². The van der Waals surface area contributed by atoms with Crippen LogP contribution in [0.25, 0.3) is 0 Å². The van der Waals surface area contributed by atoms with E-state index < -0.39 is 0 Å². The van der Waals surface area contributed by atoms with E-state index in [-0.39, 0.29) is 11.7 Å². The summed E-state index contributed by atoms with van der Waals surface area (Å²) in [7, 11) is 3.53. The molecule has 0 bridgehead atoms. The predicted molar refractivity (Wildman–Crippen MR) is 63.7 cm³/mol. The second-order valence-electron chi connectivity index (χ2n) is 3.87. The van der Waals surface area contributed by atoms with Crippen molar-refractivity contribution in [3.63, 3.8) is 0 Å². The molecule has 0 aliphatic rings. The minimum atomic E-state index is 0.0539. The number of ether oxygens (including phenoxy) is 1. The van der Waals surface area contributed by atoms with E-state index in [9.17, 15) is 4.79 Å². The van der Waals surface area contributed by atoms with Gasteiger partial charge in [-0.2, -0.15) is 0 Å². The Labute approximate surface area is 96.0 Å². The molecule has 0 amide bonds. The number of hydrogen-bond donors (Lipinski definition) is 1. The van der Waals surface area contributed by atoms with E-state index in [1.54, 1.807) is 16.2 Å². The molecule has 1 aromatic rings. The SMILES string of the molecule is CCCn1ccn(CC(COC)NC)c1=O. The van der Waals surface area contributed by atoms with E-state index in [0.29, 0.717) is 13.2 Å². The lowest BCUT2D eigenvalue weighted by Gasteiger charge is -2.14. The summed E-state index contributed by atoms with van der Waals surface area (Å²) < 4.78 is 8.53. The van der Waals surface area contributed by atoms with Crippen molar-refractivity contribution in [2.45, 2.75) is 32.5 Å². The van der Waals surface area contributed by atoms with Crippen LogP contribution in [-0.4, -0.2) is 35.9 Å². The van der Waals surface area contributed by atoms with Gasteiger partial charge in [0, 0.05) is 38.6 Å². The zero-order chi connectivity index (χ0) is 12.0. The molecule has 16 heavy (non-hydrogen) atoms. The Morgan fingerprint density at radius 1 is 1.44 bits per heavy atom. The molecule has 0 radical (unpaired) electrons. The minimum absolute atomic E-state index is 0.0539. The zero-order valence-corrected chi connectivity index (χ0v) is 10.3. The molecule has 5 nitrogen and oxygen atoms in total. The average Bonchev–Trinajstić information content (AvgIpc) is 2.61.